The molecule has 1 amide bonds. The lowest BCUT2D eigenvalue weighted by Gasteiger charge is -2.13. The Bertz CT molecular complexity index is 867. The van der Waals surface area contributed by atoms with Gasteiger partial charge >= 0.3 is 12.3 Å². The summed E-state index contributed by atoms with van der Waals surface area (Å²) in [7, 11) is 0. The number of benzene rings is 2. The normalized spacial score (nSPS) is 10.9. The zero-order valence-electron chi connectivity index (χ0n) is 15.8. The molecule has 0 unspecified atom stereocenters. The molecule has 1 N–H and O–H groups in total. The second-order valence-corrected chi connectivity index (χ2v) is 6.13. The molecule has 0 atom stereocenters. The average molecular weight is 411 g/mol. The number of esters is 1. The van der Waals surface area contributed by atoms with E-state index in [2.05, 4.69) is 10.1 Å². The lowest BCUT2D eigenvalue weighted by molar-refractivity contribution is -0.274. The third-order valence-corrected chi connectivity index (χ3v) is 3.87. The van der Waals surface area contributed by atoms with Gasteiger partial charge in [0.15, 0.2) is 13.2 Å². The van der Waals surface area contributed by atoms with Gasteiger partial charge in [-0.3, -0.25) is 4.79 Å². The SMILES string of the molecule is Cc1ccc(OCC(=O)OCC(=O)NCc2ccccc2OC(F)(F)F)cc1C. The van der Waals surface area contributed by atoms with Gasteiger partial charge in [0.2, 0.25) is 0 Å². The second kappa shape index (κ2) is 9.81. The second-order valence-electron chi connectivity index (χ2n) is 6.13. The molecule has 0 fully saturated rings. The quantitative estimate of drug-likeness (QED) is 0.674. The van der Waals surface area contributed by atoms with Crippen LogP contribution in [0.1, 0.15) is 16.7 Å². The highest BCUT2D eigenvalue weighted by Gasteiger charge is 2.32. The van der Waals surface area contributed by atoms with Crippen molar-refractivity contribution in [2.45, 2.75) is 26.8 Å². The Labute approximate surface area is 165 Å². The molecule has 0 aliphatic carbocycles. The summed E-state index contributed by atoms with van der Waals surface area (Å²) in [6.07, 6.45) is -4.84. The molecular formula is C20H20F3NO5. The predicted molar refractivity (Wildman–Crippen MR) is 97.3 cm³/mol. The molecule has 9 heteroatoms. The fraction of sp³-hybridized carbons (Fsp3) is 0.300. The number of alkyl halides is 3. The van der Waals surface area contributed by atoms with E-state index in [9.17, 15) is 22.8 Å². The summed E-state index contributed by atoms with van der Waals surface area (Å²) >= 11 is 0. The highest BCUT2D eigenvalue weighted by Crippen LogP contribution is 2.26. The lowest BCUT2D eigenvalue weighted by Crippen LogP contribution is -2.30. The summed E-state index contributed by atoms with van der Waals surface area (Å²) in [6.45, 7) is 2.67. The molecule has 0 aliphatic heterocycles. The van der Waals surface area contributed by atoms with Crippen molar-refractivity contribution in [3.8, 4) is 11.5 Å². The maximum Gasteiger partial charge on any atom is 0.573 e. The van der Waals surface area contributed by atoms with Crippen LogP contribution in [0.4, 0.5) is 13.2 Å². The molecule has 29 heavy (non-hydrogen) atoms. The van der Waals surface area contributed by atoms with Crippen LogP contribution < -0.4 is 14.8 Å². The van der Waals surface area contributed by atoms with Crippen LogP contribution in [0.2, 0.25) is 0 Å². The van der Waals surface area contributed by atoms with Crippen molar-refractivity contribution in [2.75, 3.05) is 13.2 Å². The topological polar surface area (TPSA) is 73.9 Å². The Morgan fingerprint density at radius 2 is 1.72 bits per heavy atom. The molecule has 6 nitrogen and oxygen atoms in total. The number of halogens is 3. The molecule has 0 saturated carbocycles. The fourth-order valence-corrected chi connectivity index (χ4v) is 2.25. The molecule has 2 rings (SSSR count). The number of amides is 1. The van der Waals surface area contributed by atoms with E-state index >= 15 is 0 Å². The first-order valence-electron chi connectivity index (χ1n) is 8.60. The molecule has 156 valence electrons. The number of hydrogen-bond donors (Lipinski definition) is 1. The zero-order valence-corrected chi connectivity index (χ0v) is 15.8. The minimum absolute atomic E-state index is 0.127. The number of aryl methyl sites for hydroxylation is 2. The summed E-state index contributed by atoms with van der Waals surface area (Å²) in [5.41, 5.74) is 2.21. The van der Waals surface area contributed by atoms with Crippen LogP contribution in [-0.2, 0) is 20.9 Å². The van der Waals surface area contributed by atoms with Crippen LogP contribution in [-0.4, -0.2) is 31.5 Å². The maximum atomic E-state index is 12.4. The van der Waals surface area contributed by atoms with Gasteiger partial charge in [-0.25, -0.2) is 4.79 Å². The molecule has 0 radical (unpaired) electrons. The van der Waals surface area contributed by atoms with Crippen molar-refractivity contribution >= 4 is 11.9 Å². The molecule has 0 aliphatic rings. The number of carbonyl (C=O) groups excluding carboxylic acids is 2. The van der Waals surface area contributed by atoms with Gasteiger partial charge in [-0.05, 0) is 43.2 Å². The number of nitrogens with one attached hydrogen (secondary N) is 1. The van der Waals surface area contributed by atoms with E-state index < -0.39 is 30.6 Å². The fourth-order valence-electron chi connectivity index (χ4n) is 2.25. The summed E-state index contributed by atoms with van der Waals surface area (Å²) in [5.74, 6) is -1.35. The first-order valence-corrected chi connectivity index (χ1v) is 8.60. The number of hydrogen-bond acceptors (Lipinski definition) is 5. The summed E-state index contributed by atoms with van der Waals surface area (Å²) in [5, 5.41) is 2.36. The summed E-state index contributed by atoms with van der Waals surface area (Å²) in [6, 6.07) is 10.7. The Morgan fingerprint density at radius 3 is 2.41 bits per heavy atom. The van der Waals surface area contributed by atoms with Crippen LogP contribution >= 0.6 is 0 Å². The standard InChI is InChI=1S/C20H20F3NO5/c1-13-7-8-16(9-14(13)2)27-12-19(26)28-11-18(25)24-10-15-5-3-4-6-17(15)29-20(21,22)23/h3-9H,10-12H2,1-2H3,(H,24,25). The molecule has 0 aromatic heterocycles. The summed E-state index contributed by atoms with van der Waals surface area (Å²) < 4.78 is 51.2. The smallest absolute Gasteiger partial charge is 0.482 e. The molecule has 0 bridgehead atoms. The Hall–Kier alpha value is -3.23. The molecular weight excluding hydrogens is 391 g/mol. The van der Waals surface area contributed by atoms with Gasteiger partial charge in [0.05, 0.1) is 0 Å². The van der Waals surface area contributed by atoms with Crippen molar-refractivity contribution in [3.05, 3.63) is 59.2 Å². The van der Waals surface area contributed by atoms with Crippen molar-refractivity contribution in [1.29, 1.82) is 0 Å². The Balaban J connectivity index is 1.76. The monoisotopic (exact) mass is 411 g/mol. The number of rotatable bonds is 8. The van der Waals surface area contributed by atoms with Crippen molar-refractivity contribution in [3.63, 3.8) is 0 Å². The van der Waals surface area contributed by atoms with Crippen LogP contribution in [0.15, 0.2) is 42.5 Å². The van der Waals surface area contributed by atoms with Crippen molar-refractivity contribution in [2.24, 2.45) is 0 Å². The first kappa shape index (κ1) is 22.1. The number of carbonyl (C=O) groups is 2. The van der Waals surface area contributed by atoms with Gasteiger partial charge in [-0.1, -0.05) is 24.3 Å². The molecule has 0 saturated heterocycles. The zero-order chi connectivity index (χ0) is 21.4. The molecule has 2 aromatic rings. The van der Waals surface area contributed by atoms with E-state index in [1.807, 2.05) is 19.9 Å². The van der Waals surface area contributed by atoms with Crippen molar-refractivity contribution in [1.82, 2.24) is 5.32 Å². The van der Waals surface area contributed by atoms with Crippen LogP contribution in [0.25, 0.3) is 0 Å². The highest BCUT2D eigenvalue weighted by atomic mass is 19.4. The number of ether oxygens (including phenoxy) is 3. The molecule has 2 aromatic carbocycles. The van der Waals surface area contributed by atoms with E-state index in [1.165, 1.54) is 18.2 Å². The van der Waals surface area contributed by atoms with E-state index in [4.69, 9.17) is 9.47 Å². The minimum atomic E-state index is -4.84. The molecule has 0 spiro atoms. The summed E-state index contributed by atoms with van der Waals surface area (Å²) in [4.78, 5) is 23.5. The minimum Gasteiger partial charge on any atom is -0.482 e. The molecule has 0 heterocycles. The third kappa shape index (κ3) is 7.73. The van der Waals surface area contributed by atoms with E-state index in [-0.39, 0.29) is 18.7 Å². The van der Waals surface area contributed by atoms with Crippen LogP contribution in [0.5, 0.6) is 11.5 Å². The van der Waals surface area contributed by atoms with E-state index in [0.29, 0.717) is 5.75 Å². The predicted octanol–water partition coefficient (Wildman–Crippen LogP) is 3.44. The van der Waals surface area contributed by atoms with Crippen molar-refractivity contribution < 1.29 is 37.0 Å². The van der Waals surface area contributed by atoms with Gasteiger partial charge in [-0.2, -0.15) is 0 Å². The van der Waals surface area contributed by atoms with Gasteiger partial charge in [0.1, 0.15) is 11.5 Å². The average Bonchev–Trinajstić information content (AvgIpc) is 2.65. The van der Waals surface area contributed by atoms with Gasteiger partial charge in [-0.15, -0.1) is 13.2 Å². The first-order chi connectivity index (χ1) is 13.6. The van der Waals surface area contributed by atoms with Gasteiger partial charge in [0, 0.05) is 12.1 Å². The maximum absolute atomic E-state index is 12.4. The van der Waals surface area contributed by atoms with Crippen LogP contribution in [0.3, 0.4) is 0 Å². The largest absolute Gasteiger partial charge is 0.573 e. The van der Waals surface area contributed by atoms with Gasteiger partial charge in [0.25, 0.3) is 5.91 Å². The highest BCUT2D eigenvalue weighted by molar-refractivity contribution is 5.80. The van der Waals surface area contributed by atoms with E-state index in [1.54, 1.807) is 12.1 Å². The van der Waals surface area contributed by atoms with Gasteiger partial charge < -0.3 is 19.5 Å². The Kier molecular flexibility index (Phi) is 7.46. The lowest BCUT2D eigenvalue weighted by atomic mass is 10.1. The van der Waals surface area contributed by atoms with E-state index in [0.717, 1.165) is 17.2 Å². The third-order valence-electron chi connectivity index (χ3n) is 3.87. The Morgan fingerprint density at radius 1 is 1.00 bits per heavy atom. The number of para-hydroxylation sites is 1. The van der Waals surface area contributed by atoms with Crippen LogP contribution in [0, 0.1) is 13.8 Å².